The third-order valence-corrected chi connectivity index (χ3v) is 5.95. The van der Waals surface area contributed by atoms with Gasteiger partial charge in [-0.1, -0.05) is 62.4 Å². The van der Waals surface area contributed by atoms with Crippen molar-refractivity contribution in [2.24, 2.45) is 5.92 Å². The average molecular weight is 446 g/mol. The summed E-state index contributed by atoms with van der Waals surface area (Å²) in [6, 6.07) is 17.1. The van der Waals surface area contributed by atoms with Crippen molar-refractivity contribution in [3.63, 3.8) is 0 Å². The predicted molar refractivity (Wildman–Crippen MR) is 128 cm³/mol. The number of carbonyl (C=O) groups excluding carboxylic acids is 1. The van der Waals surface area contributed by atoms with Gasteiger partial charge in [-0.25, -0.2) is 4.39 Å². The van der Waals surface area contributed by atoms with E-state index in [0.717, 1.165) is 33.6 Å². The van der Waals surface area contributed by atoms with Crippen molar-refractivity contribution in [3.05, 3.63) is 83.3 Å². The van der Waals surface area contributed by atoms with E-state index in [1.165, 1.54) is 6.07 Å². The van der Waals surface area contributed by atoms with E-state index in [1.807, 2.05) is 54.6 Å². The molecule has 5 heteroatoms. The molecule has 0 bridgehead atoms. The van der Waals surface area contributed by atoms with E-state index < -0.39 is 18.2 Å². The van der Waals surface area contributed by atoms with Gasteiger partial charge >= 0.3 is 5.97 Å². The molecular formula is C28H28FNO3. The van der Waals surface area contributed by atoms with Crippen molar-refractivity contribution in [1.82, 2.24) is 4.98 Å². The number of rotatable bonds is 5. The third-order valence-electron chi connectivity index (χ3n) is 5.95. The number of cyclic esters (lactones) is 1. The number of aliphatic hydroxyl groups is 1. The van der Waals surface area contributed by atoms with Crippen LogP contribution < -0.4 is 0 Å². The first-order valence-electron chi connectivity index (χ1n) is 11.3. The Morgan fingerprint density at radius 2 is 1.85 bits per heavy atom. The van der Waals surface area contributed by atoms with E-state index >= 15 is 0 Å². The first-order chi connectivity index (χ1) is 15.8. The molecule has 3 aromatic rings. The SMILES string of the molecule is Cc1cc(-c2cc(-c3ccccc3)nc(C(C)C)c2/C=C/C2CC[C@@H](O)OC2=O)ccc1F. The van der Waals surface area contributed by atoms with Crippen LogP contribution in [-0.2, 0) is 9.53 Å². The highest BCUT2D eigenvalue weighted by Crippen LogP contribution is 2.35. The Morgan fingerprint density at radius 1 is 1.09 bits per heavy atom. The second-order valence-electron chi connectivity index (χ2n) is 8.77. The lowest BCUT2D eigenvalue weighted by Crippen LogP contribution is -2.29. The maximum absolute atomic E-state index is 14.0. The van der Waals surface area contributed by atoms with Crippen LogP contribution in [0.1, 0.15) is 49.4 Å². The first-order valence-corrected chi connectivity index (χ1v) is 11.3. The molecule has 0 saturated carbocycles. The van der Waals surface area contributed by atoms with Gasteiger partial charge in [-0.3, -0.25) is 9.78 Å². The number of halogens is 1. The number of hydrogen-bond donors (Lipinski definition) is 1. The molecule has 1 fully saturated rings. The van der Waals surface area contributed by atoms with Gasteiger partial charge < -0.3 is 9.84 Å². The Balaban J connectivity index is 1.88. The molecule has 2 heterocycles. The lowest BCUT2D eigenvalue weighted by atomic mass is 9.90. The van der Waals surface area contributed by atoms with E-state index in [9.17, 15) is 14.3 Å². The first kappa shape index (κ1) is 22.9. The molecule has 33 heavy (non-hydrogen) atoms. The molecule has 1 aliphatic rings. The van der Waals surface area contributed by atoms with E-state index in [-0.39, 0.29) is 11.7 Å². The maximum Gasteiger partial charge on any atom is 0.315 e. The van der Waals surface area contributed by atoms with Crippen molar-refractivity contribution >= 4 is 12.0 Å². The topological polar surface area (TPSA) is 59.4 Å². The van der Waals surface area contributed by atoms with E-state index in [1.54, 1.807) is 13.0 Å². The molecular weight excluding hydrogens is 417 g/mol. The Kier molecular flexibility index (Phi) is 6.70. The van der Waals surface area contributed by atoms with Crippen molar-refractivity contribution < 1.29 is 19.0 Å². The number of nitrogens with zero attached hydrogens (tertiary/aromatic N) is 1. The Hall–Kier alpha value is -3.31. The Morgan fingerprint density at radius 3 is 2.52 bits per heavy atom. The van der Waals surface area contributed by atoms with Crippen LogP contribution in [-0.4, -0.2) is 22.3 Å². The lowest BCUT2D eigenvalue weighted by Gasteiger charge is -2.23. The van der Waals surface area contributed by atoms with Gasteiger partial charge in [0.25, 0.3) is 0 Å². The zero-order valence-corrected chi connectivity index (χ0v) is 19.1. The predicted octanol–water partition coefficient (Wildman–Crippen LogP) is 6.27. The summed E-state index contributed by atoms with van der Waals surface area (Å²) in [6.45, 7) is 5.92. The number of hydrogen-bond acceptors (Lipinski definition) is 4. The van der Waals surface area contributed by atoms with Gasteiger partial charge in [0.2, 0.25) is 6.29 Å². The van der Waals surface area contributed by atoms with Crippen LogP contribution >= 0.6 is 0 Å². The van der Waals surface area contributed by atoms with E-state index in [2.05, 4.69) is 13.8 Å². The van der Waals surface area contributed by atoms with Crippen molar-refractivity contribution in [2.45, 2.75) is 45.8 Å². The summed E-state index contributed by atoms with van der Waals surface area (Å²) in [5.74, 6) is -0.983. The number of aryl methyl sites for hydroxylation is 1. The quantitative estimate of drug-likeness (QED) is 0.470. The van der Waals surface area contributed by atoms with Crippen LogP contribution in [0.3, 0.4) is 0 Å². The largest absolute Gasteiger partial charge is 0.436 e. The monoisotopic (exact) mass is 445 g/mol. The smallest absolute Gasteiger partial charge is 0.315 e. The van der Waals surface area contributed by atoms with Crippen molar-refractivity contribution in [1.29, 1.82) is 0 Å². The van der Waals surface area contributed by atoms with Crippen LogP contribution in [0.15, 0.2) is 60.7 Å². The second kappa shape index (κ2) is 9.67. The summed E-state index contributed by atoms with van der Waals surface area (Å²) < 4.78 is 19.0. The molecule has 0 radical (unpaired) electrons. The summed E-state index contributed by atoms with van der Waals surface area (Å²) in [7, 11) is 0. The van der Waals surface area contributed by atoms with E-state index in [0.29, 0.717) is 18.4 Å². The molecule has 1 unspecified atom stereocenters. The number of esters is 1. The van der Waals surface area contributed by atoms with Crippen LogP contribution in [0.25, 0.3) is 28.5 Å². The fraction of sp³-hybridized carbons (Fsp3) is 0.286. The highest BCUT2D eigenvalue weighted by Gasteiger charge is 2.27. The average Bonchev–Trinajstić information content (AvgIpc) is 2.80. The third kappa shape index (κ3) is 5.04. The number of benzene rings is 2. The van der Waals surface area contributed by atoms with Gasteiger partial charge in [0, 0.05) is 17.5 Å². The zero-order chi connectivity index (χ0) is 23.5. The van der Waals surface area contributed by atoms with Crippen molar-refractivity contribution in [3.8, 4) is 22.4 Å². The normalized spacial score (nSPS) is 18.7. The lowest BCUT2D eigenvalue weighted by molar-refractivity contribution is -0.180. The molecule has 0 aliphatic carbocycles. The molecule has 0 amide bonds. The molecule has 170 valence electrons. The number of carbonyl (C=O) groups is 1. The maximum atomic E-state index is 14.0. The van der Waals surface area contributed by atoms with Gasteiger partial charge in [0.05, 0.1) is 17.3 Å². The fourth-order valence-corrected chi connectivity index (χ4v) is 4.11. The second-order valence-corrected chi connectivity index (χ2v) is 8.77. The summed E-state index contributed by atoms with van der Waals surface area (Å²) in [6.07, 6.45) is 3.66. The van der Waals surface area contributed by atoms with Crippen LogP contribution in [0.4, 0.5) is 4.39 Å². The van der Waals surface area contributed by atoms with Gasteiger partial charge in [-0.05, 0) is 54.2 Å². The minimum Gasteiger partial charge on any atom is -0.436 e. The van der Waals surface area contributed by atoms with Crippen LogP contribution in [0.5, 0.6) is 0 Å². The molecule has 4 rings (SSSR count). The minimum atomic E-state index is -1.03. The number of aromatic nitrogens is 1. The minimum absolute atomic E-state index is 0.119. The number of pyridine rings is 1. The van der Waals surface area contributed by atoms with E-state index in [4.69, 9.17) is 9.72 Å². The number of ether oxygens (including phenoxy) is 1. The molecule has 1 saturated heterocycles. The molecule has 2 aromatic carbocycles. The van der Waals surface area contributed by atoms with Crippen LogP contribution in [0.2, 0.25) is 0 Å². The molecule has 1 aliphatic heterocycles. The fourth-order valence-electron chi connectivity index (χ4n) is 4.11. The summed E-state index contributed by atoms with van der Waals surface area (Å²) >= 11 is 0. The van der Waals surface area contributed by atoms with Crippen LogP contribution in [0, 0.1) is 18.7 Å². The molecule has 2 atom stereocenters. The Labute approximate surface area is 193 Å². The van der Waals surface area contributed by atoms with Gasteiger partial charge in [-0.15, -0.1) is 0 Å². The highest BCUT2D eigenvalue weighted by atomic mass is 19.1. The summed E-state index contributed by atoms with van der Waals surface area (Å²) in [5, 5.41) is 9.57. The van der Waals surface area contributed by atoms with Gasteiger partial charge in [0.15, 0.2) is 0 Å². The summed E-state index contributed by atoms with van der Waals surface area (Å²) in [4.78, 5) is 17.2. The van der Waals surface area contributed by atoms with Crippen molar-refractivity contribution in [2.75, 3.05) is 0 Å². The zero-order valence-electron chi connectivity index (χ0n) is 19.1. The molecule has 1 aromatic heterocycles. The molecule has 1 N–H and O–H groups in total. The molecule has 0 spiro atoms. The standard InChI is InChI=1S/C28H28FNO3/c1-17(2)27-22(12-9-20-11-14-26(31)33-28(20)32)23(21-10-13-24(29)18(3)15-21)16-25(30-27)19-7-5-4-6-8-19/h4-10,12-13,15-17,20,26,31H,11,14H2,1-3H3/b12-9+/t20?,26-/m0/s1. The number of aliphatic hydroxyl groups excluding tert-OH is 1. The Bertz CT molecular complexity index is 1190. The summed E-state index contributed by atoms with van der Waals surface area (Å²) in [5.41, 5.74) is 6.01. The van der Waals surface area contributed by atoms with Gasteiger partial charge in [-0.2, -0.15) is 0 Å². The van der Waals surface area contributed by atoms with Gasteiger partial charge in [0.1, 0.15) is 5.82 Å². The molecule has 4 nitrogen and oxygen atoms in total. The highest BCUT2D eigenvalue weighted by molar-refractivity contribution is 5.83.